The number of piperidine rings is 1. The average Bonchev–Trinajstić information content (AvgIpc) is 3.22. The Morgan fingerprint density at radius 3 is 1.48 bits per heavy atom. The summed E-state index contributed by atoms with van der Waals surface area (Å²) in [5.41, 5.74) is -0.0521. The molecular weight excluding hydrogens is 516 g/mol. The molecule has 2 fully saturated rings. The zero-order valence-electron chi connectivity index (χ0n) is 29.4. The molecule has 0 N–H and O–H groups in total. The van der Waals surface area contributed by atoms with Crippen LogP contribution < -0.4 is 0 Å². The summed E-state index contributed by atoms with van der Waals surface area (Å²) in [4.78, 5) is 31.0. The number of imide groups is 1. The van der Waals surface area contributed by atoms with Crippen LogP contribution in [-0.2, 0) is 9.59 Å². The van der Waals surface area contributed by atoms with E-state index in [0.717, 1.165) is 25.7 Å². The standard InChI is InChI=1S/C38H72N2O2/c1-8-10-12-14-16-17-18-20-22-24-26-32(25-23-21-19-15-13-11-9-2)27-28-33-29-35(41)40(36(33)42)34-30-37(3,4)39(7)38(5,6)31-34/h32-34H,8-31H2,1-7H3. The molecule has 2 heterocycles. The number of unbranched alkanes of at least 4 members (excludes halogenated alkanes) is 15. The summed E-state index contributed by atoms with van der Waals surface area (Å²) in [6, 6.07) is 0.0337. The first-order valence-corrected chi connectivity index (χ1v) is 18.6. The van der Waals surface area contributed by atoms with E-state index in [-0.39, 0.29) is 34.9 Å². The first kappa shape index (κ1) is 37.3. The molecule has 0 spiro atoms. The summed E-state index contributed by atoms with van der Waals surface area (Å²) < 4.78 is 0. The van der Waals surface area contributed by atoms with E-state index >= 15 is 0 Å². The summed E-state index contributed by atoms with van der Waals surface area (Å²) >= 11 is 0. The van der Waals surface area contributed by atoms with Gasteiger partial charge in [-0.3, -0.25) is 19.4 Å². The third-order valence-corrected chi connectivity index (χ3v) is 11.0. The molecule has 2 rings (SSSR count). The van der Waals surface area contributed by atoms with Crippen LogP contribution in [0, 0.1) is 11.8 Å². The first-order chi connectivity index (χ1) is 20.0. The highest BCUT2D eigenvalue weighted by Crippen LogP contribution is 2.41. The molecule has 2 aliphatic rings. The van der Waals surface area contributed by atoms with Crippen LogP contribution in [0.4, 0.5) is 0 Å². The second kappa shape index (κ2) is 19.5. The fourth-order valence-corrected chi connectivity index (χ4v) is 8.01. The number of carbonyl (C=O) groups is 2. The van der Waals surface area contributed by atoms with E-state index in [2.05, 4.69) is 53.5 Å². The Balaban J connectivity index is 1.83. The number of carbonyl (C=O) groups excluding carboxylic acids is 2. The smallest absolute Gasteiger partial charge is 0.233 e. The van der Waals surface area contributed by atoms with E-state index in [1.54, 1.807) is 4.90 Å². The van der Waals surface area contributed by atoms with Crippen LogP contribution >= 0.6 is 0 Å². The van der Waals surface area contributed by atoms with E-state index in [4.69, 9.17) is 0 Å². The lowest BCUT2D eigenvalue weighted by Gasteiger charge is -2.54. The Bertz CT molecular complexity index is 742. The van der Waals surface area contributed by atoms with Crippen molar-refractivity contribution in [1.82, 2.24) is 9.80 Å². The topological polar surface area (TPSA) is 40.6 Å². The summed E-state index contributed by atoms with van der Waals surface area (Å²) in [6.45, 7) is 13.6. The lowest BCUT2D eigenvalue weighted by Crippen LogP contribution is -2.63. The van der Waals surface area contributed by atoms with Crippen molar-refractivity contribution in [3.05, 3.63) is 0 Å². The number of likely N-dealkylation sites (tertiary alicyclic amines) is 2. The largest absolute Gasteiger partial charge is 0.296 e. The fraction of sp³-hybridized carbons (Fsp3) is 0.947. The average molecular weight is 589 g/mol. The SMILES string of the molecule is CCCCCCCCCCCCC(CCCCCCCCC)CCC1CC(=O)N(C2CC(C)(C)N(C)C(C)(C)C2)C1=O. The van der Waals surface area contributed by atoms with Crippen LogP contribution in [-0.4, -0.2) is 45.8 Å². The highest BCUT2D eigenvalue weighted by molar-refractivity contribution is 6.03. The molecule has 0 radical (unpaired) electrons. The summed E-state index contributed by atoms with van der Waals surface area (Å²) in [6.07, 6.45) is 30.2. The zero-order chi connectivity index (χ0) is 31.0. The predicted molar refractivity (Wildman–Crippen MR) is 181 cm³/mol. The molecule has 4 heteroatoms. The molecule has 2 saturated heterocycles. The number of rotatable bonds is 23. The van der Waals surface area contributed by atoms with Gasteiger partial charge in [-0.15, -0.1) is 0 Å². The maximum atomic E-state index is 13.7. The fourth-order valence-electron chi connectivity index (χ4n) is 8.01. The summed E-state index contributed by atoms with van der Waals surface area (Å²) in [5, 5.41) is 0. The molecule has 42 heavy (non-hydrogen) atoms. The van der Waals surface area contributed by atoms with E-state index in [1.165, 1.54) is 122 Å². The Labute approximate surface area is 262 Å². The highest BCUT2D eigenvalue weighted by Gasteiger charge is 2.50. The van der Waals surface area contributed by atoms with Gasteiger partial charge in [0.2, 0.25) is 11.8 Å². The molecule has 0 bridgehead atoms. The number of amides is 2. The van der Waals surface area contributed by atoms with E-state index in [0.29, 0.717) is 12.3 Å². The van der Waals surface area contributed by atoms with Crippen LogP contribution in [0.3, 0.4) is 0 Å². The molecule has 0 saturated carbocycles. The number of hydrogen-bond acceptors (Lipinski definition) is 3. The van der Waals surface area contributed by atoms with Gasteiger partial charge >= 0.3 is 0 Å². The molecule has 2 unspecified atom stereocenters. The van der Waals surface area contributed by atoms with E-state index in [1.807, 2.05) is 0 Å². The van der Waals surface area contributed by atoms with Crippen molar-refractivity contribution in [3.8, 4) is 0 Å². The monoisotopic (exact) mass is 589 g/mol. The first-order valence-electron chi connectivity index (χ1n) is 18.6. The Morgan fingerprint density at radius 2 is 1.05 bits per heavy atom. The Morgan fingerprint density at radius 1 is 0.643 bits per heavy atom. The third kappa shape index (κ3) is 12.6. The minimum absolute atomic E-state index is 0.0260. The number of hydrogen-bond donors (Lipinski definition) is 0. The van der Waals surface area contributed by atoms with E-state index < -0.39 is 0 Å². The minimum Gasteiger partial charge on any atom is -0.296 e. The van der Waals surface area contributed by atoms with Crippen LogP contribution in [0.15, 0.2) is 0 Å². The molecule has 2 amide bonds. The van der Waals surface area contributed by atoms with Crippen LogP contribution in [0.2, 0.25) is 0 Å². The van der Waals surface area contributed by atoms with Gasteiger partial charge in [0.1, 0.15) is 0 Å². The quantitative estimate of drug-likeness (QED) is 0.0880. The Hall–Kier alpha value is -0.900. The molecule has 0 aromatic carbocycles. The van der Waals surface area contributed by atoms with Gasteiger partial charge in [0.15, 0.2) is 0 Å². The Kier molecular flexibility index (Phi) is 17.3. The zero-order valence-corrected chi connectivity index (χ0v) is 29.4. The van der Waals surface area contributed by atoms with Gasteiger partial charge in [-0.2, -0.15) is 0 Å². The van der Waals surface area contributed by atoms with Crippen LogP contribution in [0.25, 0.3) is 0 Å². The second-order valence-electron chi connectivity index (χ2n) is 15.6. The van der Waals surface area contributed by atoms with Gasteiger partial charge in [-0.05, 0) is 66.3 Å². The lowest BCUT2D eigenvalue weighted by atomic mass is 9.77. The third-order valence-electron chi connectivity index (χ3n) is 11.0. The molecule has 0 aromatic heterocycles. The maximum Gasteiger partial charge on any atom is 0.233 e. The van der Waals surface area contributed by atoms with Crippen LogP contribution in [0.1, 0.15) is 196 Å². The molecule has 2 aliphatic heterocycles. The van der Waals surface area contributed by atoms with Crippen molar-refractivity contribution < 1.29 is 9.59 Å². The number of nitrogens with zero attached hydrogens (tertiary/aromatic N) is 2. The molecule has 0 aromatic rings. The van der Waals surface area contributed by atoms with Crippen molar-refractivity contribution in [3.63, 3.8) is 0 Å². The van der Waals surface area contributed by atoms with Crippen molar-refractivity contribution in [2.75, 3.05) is 7.05 Å². The van der Waals surface area contributed by atoms with Gasteiger partial charge < -0.3 is 0 Å². The summed E-state index contributed by atoms with van der Waals surface area (Å²) in [7, 11) is 2.19. The van der Waals surface area contributed by atoms with Gasteiger partial charge in [-0.1, -0.05) is 136 Å². The summed E-state index contributed by atoms with van der Waals surface area (Å²) in [5.74, 6) is 0.847. The normalized spacial score (nSPS) is 21.9. The van der Waals surface area contributed by atoms with Gasteiger partial charge in [0, 0.05) is 29.5 Å². The van der Waals surface area contributed by atoms with Gasteiger partial charge in [0.25, 0.3) is 0 Å². The molecular formula is C38H72N2O2. The molecule has 0 aliphatic carbocycles. The second-order valence-corrected chi connectivity index (χ2v) is 15.6. The van der Waals surface area contributed by atoms with Crippen molar-refractivity contribution in [2.45, 2.75) is 213 Å². The van der Waals surface area contributed by atoms with Crippen LogP contribution in [0.5, 0.6) is 0 Å². The highest BCUT2D eigenvalue weighted by atomic mass is 16.2. The van der Waals surface area contributed by atoms with Gasteiger partial charge in [-0.25, -0.2) is 0 Å². The molecule has 2 atom stereocenters. The van der Waals surface area contributed by atoms with E-state index in [9.17, 15) is 9.59 Å². The lowest BCUT2D eigenvalue weighted by molar-refractivity contribution is -0.146. The molecule has 4 nitrogen and oxygen atoms in total. The maximum absolute atomic E-state index is 13.7. The predicted octanol–water partition coefficient (Wildman–Crippen LogP) is 10.9. The minimum atomic E-state index is -0.0902. The molecule has 246 valence electrons. The van der Waals surface area contributed by atoms with Gasteiger partial charge in [0.05, 0.1) is 0 Å². The van der Waals surface area contributed by atoms with Crippen molar-refractivity contribution >= 4 is 11.8 Å². The van der Waals surface area contributed by atoms with Crippen molar-refractivity contribution in [1.29, 1.82) is 0 Å². The van der Waals surface area contributed by atoms with Crippen molar-refractivity contribution in [2.24, 2.45) is 11.8 Å².